The summed E-state index contributed by atoms with van der Waals surface area (Å²) in [5.41, 5.74) is 1.31. The number of rotatable bonds is 8. The molecule has 1 aliphatic heterocycles. The molecule has 6 nitrogen and oxygen atoms in total. The maximum absolute atomic E-state index is 11.0. The minimum atomic E-state index is -0.985. The Labute approximate surface area is 181 Å². The van der Waals surface area contributed by atoms with Gasteiger partial charge < -0.3 is 24.5 Å². The summed E-state index contributed by atoms with van der Waals surface area (Å²) in [6.07, 6.45) is 1.36. The molecule has 7 heteroatoms. The van der Waals surface area contributed by atoms with E-state index in [9.17, 15) is 4.79 Å². The molecule has 0 radical (unpaired) electrons. The molecule has 1 aromatic rings. The zero-order valence-corrected chi connectivity index (χ0v) is 19.8. The van der Waals surface area contributed by atoms with E-state index < -0.39 is 6.09 Å². The van der Waals surface area contributed by atoms with E-state index in [4.69, 9.17) is 19.2 Å². The summed E-state index contributed by atoms with van der Waals surface area (Å²) < 4.78 is 18.4. The van der Waals surface area contributed by atoms with Crippen LogP contribution in [0.3, 0.4) is 0 Å². The lowest BCUT2D eigenvalue weighted by Crippen LogP contribution is -2.43. The highest BCUT2D eigenvalue weighted by atomic mass is 16.7. The fourth-order valence-electron chi connectivity index (χ4n) is 3.53. The second kappa shape index (κ2) is 9.19. The predicted molar refractivity (Wildman–Crippen MR) is 121 cm³/mol. The van der Waals surface area contributed by atoms with Gasteiger partial charge in [0.15, 0.2) is 0 Å². The van der Waals surface area contributed by atoms with E-state index >= 15 is 0 Å². The van der Waals surface area contributed by atoms with Gasteiger partial charge in [0.2, 0.25) is 0 Å². The molecule has 1 atom stereocenters. The molecular formula is C23H38BNO5. The first-order valence-electron chi connectivity index (χ1n) is 10.9. The van der Waals surface area contributed by atoms with Gasteiger partial charge in [0.1, 0.15) is 5.75 Å². The van der Waals surface area contributed by atoms with Gasteiger partial charge >= 0.3 is 13.2 Å². The van der Waals surface area contributed by atoms with Crippen LogP contribution in [0.1, 0.15) is 73.8 Å². The molecule has 0 aromatic heterocycles. The Kier molecular flexibility index (Phi) is 7.52. The Balaban J connectivity index is 1.98. The van der Waals surface area contributed by atoms with Gasteiger partial charge in [-0.15, -0.1) is 0 Å². The maximum atomic E-state index is 11.0. The third-order valence-electron chi connectivity index (χ3n) is 6.25. The van der Waals surface area contributed by atoms with E-state index in [1.54, 1.807) is 0 Å². The van der Waals surface area contributed by atoms with Gasteiger partial charge in [-0.3, -0.25) is 0 Å². The van der Waals surface area contributed by atoms with Crippen LogP contribution in [0, 0.1) is 5.41 Å². The third kappa shape index (κ3) is 5.91. The molecule has 1 saturated heterocycles. The summed E-state index contributed by atoms with van der Waals surface area (Å²) in [6.45, 7) is 17.0. The van der Waals surface area contributed by atoms with Crippen molar-refractivity contribution in [3.8, 4) is 5.75 Å². The smallest absolute Gasteiger partial charge is 0.494 e. The maximum Gasteiger partial charge on any atom is 0.495 e. The van der Waals surface area contributed by atoms with E-state index in [1.165, 1.54) is 0 Å². The number of nitrogens with one attached hydrogen (secondary N) is 1. The van der Waals surface area contributed by atoms with Gasteiger partial charge in [-0.1, -0.05) is 33.8 Å². The summed E-state index contributed by atoms with van der Waals surface area (Å²) in [7, 11) is -0.381. The number of hydrogen-bond acceptors (Lipinski definition) is 4. The number of hydrogen-bond donors (Lipinski definition) is 2. The molecule has 2 rings (SSSR count). The fraction of sp³-hybridized carbons (Fsp3) is 0.696. The van der Waals surface area contributed by atoms with E-state index in [0.717, 1.165) is 36.0 Å². The Morgan fingerprint density at radius 2 is 1.80 bits per heavy atom. The summed E-state index contributed by atoms with van der Waals surface area (Å²) >= 11 is 0. The minimum Gasteiger partial charge on any atom is -0.494 e. The van der Waals surface area contributed by atoms with Crippen LogP contribution in [-0.2, 0) is 15.7 Å². The lowest BCUT2D eigenvalue weighted by atomic mass is 9.75. The predicted octanol–water partition coefficient (Wildman–Crippen LogP) is 4.39. The zero-order chi connectivity index (χ0) is 22.7. The van der Waals surface area contributed by atoms with Crippen LogP contribution in [0.5, 0.6) is 5.75 Å². The first-order chi connectivity index (χ1) is 13.8. The molecule has 1 amide bonds. The van der Waals surface area contributed by atoms with Crippen molar-refractivity contribution in [3.05, 3.63) is 23.8 Å². The van der Waals surface area contributed by atoms with Crippen LogP contribution in [0.4, 0.5) is 4.79 Å². The summed E-state index contributed by atoms with van der Waals surface area (Å²) in [5.74, 6) is 0.811. The lowest BCUT2D eigenvalue weighted by molar-refractivity contribution is 0.00578. The Hall–Kier alpha value is -1.73. The first-order valence-corrected chi connectivity index (χ1v) is 10.9. The normalized spacial score (nSPS) is 18.9. The van der Waals surface area contributed by atoms with Crippen LogP contribution >= 0.6 is 0 Å². The summed E-state index contributed by atoms with van der Waals surface area (Å²) in [4.78, 5) is 11.0. The average Bonchev–Trinajstić information content (AvgIpc) is 2.83. The van der Waals surface area contributed by atoms with Crippen molar-refractivity contribution in [3.63, 3.8) is 0 Å². The second-order valence-corrected chi connectivity index (χ2v) is 10.2. The lowest BCUT2D eigenvalue weighted by Gasteiger charge is -2.32. The van der Waals surface area contributed by atoms with Crippen LogP contribution in [-0.4, -0.2) is 42.2 Å². The van der Waals surface area contributed by atoms with Crippen molar-refractivity contribution < 1.29 is 23.9 Å². The van der Waals surface area contributed by atoms with Crippen molar-refractivity contribution in [2.75, 3.05) is 6.61 Å². The highest BCUT2D eigenvalue weighted by molar-refractivity contribution is 6.62. The van der Waals surface area contributed by atoms with Gasteiger partial charge in [0.05, 0.1) is 17.8 Å². The zero-order valence-electron chi connectivity index (χ0n) is 19.8. The molecule has 0 saturated carbocycles. The molecule has 0 bridgehead atoms. The number of aryl methyl sites for hydroxylation is 1. The third-order valence-corrected chi connectivity index (χ3v) is 6.25. The molecule has 1 heterocycles. The van der Waals surface area contributed by atoms with Crippen molar-refractivity contribution in [1.29, 1.82) is 0 Å². The summed E-state index contributed by atoms with van der Waals surface area (Å²) in [5, 5.41) is 11.7. The van der Waals surface area contributed by atoms with E-state index in [1.807, 2.05) is 32.9 Å². The Morgan fingerprint density at radius 1 is 1.20 bits per heavy atom. The van der Waals surface area contributed by atoms with Crippen LogP contribution in [0.2, 0.25) is 0 Å². The van der Waals surface area contributed by atoms with Crippen molar-refractivity contribution >= 4 is 18.7 Å². The number of benzene rings is 1. The van der Waals surface area contributed by atoms with Gasteiger partial charge in [-0.25, -0.2) is 4.79 Å². The average molecular weight is 419 g/mol. The fourth-order valence-corrected chi connectivity index (χ4v) is 3.53. The molecule has 1 unspecified atom stereocenters. The van der Waals surface area contributed by atoms with Crippen molar-refractivity contribution in [1.82, 2.24) is 5.32 Å². The molecule has 1 aliphatic rings. The van der Waals surface area contributed by atoms with Crippen molar-refractivity contribution in [2.45, 2.75) is 91.9 Å². The molecule has 1 aromatic carbocycles. The molecule has 168 valence electrons. The second-order valence-electron chi connectivity index (χ2n) is 10.2. The quantitative estimate of drug-likeness (QED) is 0.483. The van der Waals surface area contributed by atoms with E-state index in [-0.39, 0.29) is 29.8 Å². The van der Waals surface area contributed by atoms with Gasteiger partial charge in [-0.05, 0) is 75.5 Å². The van der Waals surface area contributed by atoms with Gasteiger partial charge in [0.25, 0.3) is 0 Å². The summed E-state index contributed by atoms with van der Waals surface area (Å²) in [6, 6.07) is 5.92. The molecule has 0 aliphatic carbocycles. The number of ether oxygens (including phenoxy) is 1. The number of carboxylic acid groups (broad SMARTS) is 1. The largest absolute Gasteiger partial charge is 0.495 e. The molecule has 0 spiro atoms. The molecule has 1 fully saturated rings. The highest BCUT2D eigenvalue weighted by Crippen LogP contribution is 2.37. The van der Waals surface area contributed by atoms with Crippen molar-refractivity contribution in [2.24, 2.45) is 5.41 Å². The molecule has 30 heavy (non-hydrogen) atoms. The van der Waals surface area contributed by atoms with Crippen LogP contribution < -0.4 is 15.5 Å². The first kappa shape index (κ1) is 24.5. The number of carbonyl (C=O) groups is 1. The standard InChI is InChI=1S/C23H38BNO5/c1-9-16-15-17(28-14-10-11-19(21(2,3)4)25-20(26)27)12-13-18(16)24-29-22(5,6)23(7,8)30-24/h12-13,15,19,25H,9-11,14H2,1-8H3,(H,26,27). The monoisotopic (exact) mass is 419 g/mol. The van der Waals surface area contributed by atoms with Gasteiger partial charge in [-0.2, -0.15) is 0 Å². The molecular weight excluding hydrogens is 381 g/mol. The number of amides is 1. The minimum absolute atomic E-state index is 0.115. The molecule has 2 N–H and O–H groups in total. The van der Waals surface area contributed by atoms with Crippen LogP contribution in [0.25, 0.3) is 0 Å². The van der Waals surface area contributed by atoms with E-state index in [2.05, 4.69) is 46.0 Å². The van der Waals surface area contributed by atoms with E-state index in [0.29, 0.717) is 6.61 Å². The van der Waals surface area contributed by atoms with Crippen LogP contribution in [0.15, 0.2) is 18.2 Å². The topological polar surface area (TPSA) is 77.0 Å². The Bertz CT molecular complexity index is 726. The SMILES string of the molecule is CCc1cc(OCCCC(NC(=O)O)C(C)(C)C)ccc1B1OC(C)(C)C(C)(C)O1. The Morgan fingerprint density at radius 3 is 2.30 bits per heavy atom. The highest BCUT2D eigenvalue weighted by Gasteiger charge is 2.52. The van der Waals surface area contributed by atoms with Gasteiger partial charge in [0, 0.05) is 6.04 Å².